The second-order valence-electron chi connectivity index (χ2n) is 5.79. The van der Waals surface area contributed by atoms with Gasteiger partial charge in [-0.25, -0.2) is 4.98 Å². The molecule has 1 amide bonds. The van der Waals surface area contributed by atoms with Gasteiger partial charge >= 0.3 is 0 Å². The lowest BCUT2D eigenvalue weighted by Gasteiger charge is -2.24. The summed E-state index contributed by atoms with van der Waals surface area (Å²) in [5.74, 6) is -0.00856. The Morgan fingerprint density at radius 1 is 1.35 bits per heavy atom. The average molecular weight is 332 g/mol. The predicted molar refractivity (Wildman–Crippen MR) is 94.4 cm³/mol. The fraction of sp³-hybridized carbons (Fsp3) is 0.412. The first kappa shape index (κ1) is 17.6. The molecule has 6 heteroatoms. The first-order chi connectivity index (χ1) is 10.9. The zero-order valence-electron chi connectivity index (χ0n) is 14.3. The van der Waals surface area contributed by atoms with Crippen LogP contribution < -0.4 is 5.32 Å². The molecule has 0 saturated carbocycles. The van der Waals surface area contributed by atoms with E-state index in [-0.39, 0.29) is 11.9 Å². The summed E-state index contributed by atoms with van der Waals surface area (Å²) < 4.78 is 2.00. The highest BCUT2D eigenvalue weighted by atomic mass is 32.2. The molecule has 0 saturated heterocycles. The topological polar surface area (TPSA) is 50.2 Å². The minimum absolute atomic E-state index is 0.00856. The lowest BCUT2D eigenvalue weighted by atomic mass is 10.0. The lowest BCUT2D eigenvalue weighted by molar-refractivity contribution is -0.126. The van der Waals surface area contributed by atoms with E-state index in [0.29, 0.717) is 6.54 Å². The molecule has 2 aromatic rings. The van der Waals surface area contributed by atoms with Gasteiger partial charge in [0.25, 0.3) is 0 Å². The molecule has 0 aliphatic heterocycles. The molecule has 1 atom stereocenters. The Morgan fingerprint density at radius 2 is 2.00 bits per heavy atom. The maximum Gasteiger partial charge on any atom is 0.242 e. The van der Waals surface area contributed by atoms with Gasteiger partial charge < -0.3 is 9.88 Å². The molecule has 1 heterocycles. The van der Waals surface area contributed by atoms with Crippen molar-refractivity contribution < 1.29 is 4.79 Å². The van der Waals surface area contributed by atoms with Gasteiger partial charge in [0.05, 0.1) is 18.4 Å². The fourth-order valence-electron chi connectivity index (χ4n) is 2.49. The van der Waals surface area contributed by atoms with Crippen LogP contribution in [0, 0.1) is 6.92 Å². The van der Waals surface area contributed by atoms with E-state index in [2.05, 4.69) is 10.3 Å². The number of nitrogens with zero attached hydrogens (tertiary/aromatic N) is 3. The van der Waals surface area contributed by atoms with Gasteiger partial charge in [0, 0.05) is 7.05 Å². The summed E-state index contributed by atoms with van der Waals surface area (Å²) in [7, 11) is 5.80. The highest BCUT2D eigenvalue weighted by Gasteiger charge is 2.22. The van der Waals surface area contributed by atoms with E-state index in [9.17, 15) is 4.79 Å². The number of aromatic nitrogens is 2. The third kappa shape index (κ3) is 4.14. The van der Waals surface area contributed by atoms with Gasteiger partial charge in [-0.05, 0) is 32.8 Å². The number of nitrogens with one attached hydrogen (secondary N) is 1. The molecule has 0 bridgehead atoms. The Bertz CT molecular complexity index is 664. The van der Waals surface area contributed by atoms with Crippen molar-refractivity contribution in [2.75, 3.05) is 20.4 Å². The first-order valence-electron chi connectivity index (χ1n) is 7.49. The molecular weight excluding hydrogens is 308 g/mol. The number of carbonyl (C=O) groups is 1. The van der Waals surface area contributed by atoms with Crippen LogP contribution in [0.15, 0.2) is 35.6 Å². The average Bonchev–Trinajstić information content (AvgIpc) is 2.87. The number of likely N-dealkylation sites (N-methyl/N-ethyl adjacent to an activating group) is 1. The van der Waals surface area contributed by atoms with Gasteiger partial charge in [-0.1, -0.05) is 41.6 Å². The van der Waals surface area contributed by atoms with Crippen molar-refractivity contribution in [3.63, 3.8) is 0 Å². The number of amides is 1. The summed E-state index contributed by atoms with van der Waals surface area (Å²) in [6, 6.07) is 7.78. The van der Waals surface area contributed by atoms with Gasteiger partial charge in [0.1, 0.15) is 6.04 Å². The highest BCUT2D eigenvalue weighted by molar-refractivity contribution is 7.98. The number of hydrogen-bond acceptors (Lipinski definition) is 4. The van der Waals surface area contributed by atoms with Crippen molar-refractivity contribution in [2.45, 2.75) is 24.7 Å². The zero-order chi connectivity index (χ0) is 17.0. The molecule has 0 radical (unpaired) electrons. The van der Waals surface area contributed by atoms with Crippen molar-refractivity contribution in [3.8, 4) is 0 Å². The predicted octanol–water partition coefficient (Wildman–Crippen LogP) is 2.37. The summed E-state index contributed by atoms with van der Waals surface area (Å²) in [6.07, 6.45) is 3.80. The minimum atomic E-state index is -0.302. The molecule has 23 heavy (non-hydrogen) atoms. The molecule has 0 spiro atoms. The van der Waals surface area contributed by atoms with Crippen molar-refractivity contribution in [2.24, 2.45) is 7.05 Å². The number of hydrogen-bond donors (Lipinski definition) is 1. The van der Waals surface area contributed by atoms with E-state index in [0.717, 1.165) is 16.4 Å². The van der Waals surface area contributed by atoms with Crippen LogP contribution >= 0.6 is 11.8 Å². The van der Waals surface area contributed by atoms with E-state index in [4.69, 9.17) is 0 Å². The van der Waals surface area contributed by atoms with E-state index in [1.165, 1.54) is 5.56 Å². The van der Waals surface area contributed by atoms with Gasteiger partial charge in [0.2, 0.25) is 5.91 Å². The number of imidazole rings is 1. The Kier molecular flexibility index (Phi) is 5.85. The molecule has 2 rings (SSSR count). The summed E-state index contributed by atoms with van der Waals surface area (Å²) in [5.41, 5.74) is 3.17. The van der Waals surface area contributed by atoms with Crippen LogP contribution in [0.25, 0.3) is 0 Å². The van der Waals surface area contributed by atoms with Gasteiger partial charge in [-0.2, -0.15) is 0 Å². The van der Waals surface area contributed by atoms with Crippen LogP contribution in [-0.2, 0) is 18.4 Å². The standard InChI is InChI=1S/C17H24N4OS/c1-12-6-8-13(9-7-12)15(20(2)3)16(22)18-10-14-11-19-17(23-5)21(14)4/h6-9,11,15H,10H2,1-5H3,(H,18,22)/t15-/m1/s1. The van der Waals surface area contributed by atoms with E-state index in [1.54, 1.807) is 11.8 Å². The SMILES string of the molecule is CSc1ncc(CNC(=O)[C@@H](c2ccc(C)cc2)N(C)C)n1C. The first-order valence-corrected chi connectivity index (χ1v) is 8.71. The Balaban J connectivity index is 2.09. The second-order valence-corrected chi connectivity index (χ2v) is 6.56. The molecule has 0 aliphatic carbocycles. The summed E-state index contributed by atoms with van der Waals surface area (Å²) >= 11 is 1.59. The maximum atomic E-state index is 12.6. The number of aryl methyl sites for hydroxylation is 1. The Morgan fingerprint density at radius 3 is 2.52 bits per heavy atom. The molecule has 0 aliphatic rings. The van der Waals surface area contributed by atoms with Crippen molar-refractivity contribution in [1.82, 2.24) is 19.8 Å². The zero-order valence-corrected chi connectivity index (χ0v) is 15.1. The van der Waals surface area contributed by atoms with E-state index >= 15 is 0 Å². The number of rotatable bonds is 6. The highest BCUT2D eigenvalue weighted by Crippen LogP contribution is 2.19. The van der Waals surface area contributed by atoms with Gasteiger partial charge in [-0.15, -0.1) is 0 Å². The van der Waals surface area contributed by atoms with Crippen LogP contribution in [0.4, 0.5) is 0 Å². The number of thioether (sulfide) groups is 1. The molecule has 0 unspecified atom stereocenters. The van der Waals surface area contributed by atoms with Crippen LogP contribution in [0.3, 0.4) is 0 Å². The molecule has 5 nitrogen and oxygen atoms in total. The lowest BCUT2D eigenvalue weighted by Crippen LogP contribution is -2.37. The normalized spacial score (nSPS) is 12.4. The van der Waals surface area contributed by atoms with Gasteiger partial charge in [-0.3, -0.25) is 9.69 Å². The van der Waals surface area contributed by atoms with E-state index < -0.39 is 0 Å². The van der Waals surface area contributed by atoms with E-state index in [1.807, 2.05) is 74.3 Å². The second kappa shape index (κ2) is 7.66. The fourth-order valence-corrected chi connectivity index (χ4v) is 3.04. The quantitative estimate of drug-likeness (QED) is 0.825. The van der Waals surface area contributed by atoms with Crippen LogP contribution in [-0.4, -0.2) is 40.7 Å². The molecule has 1 N–H and O–H groups in total. The molecular formula is C17H24N4OS. The monoisotopic (exact) mass is 332 g/mol. The summed E-state index contributed by atoms with van der Waals surface area (Å²) in [4.78, 5) is 18.9. The largest absolute Gasteiger partial charge is 0.349 e. The summed E-state index contributed by atoms with van der Waals surface area (Å²) in [6.45, 7) is 2.51. The van der Waals surface area contributed by atoms with Crippen molar-refractivity contribution in [1.29, 1.82) is 0 Å². The Labute approximate surface area is 142 Å². The van der Waals surface area contributed by atoms with Crippen molar-refractivity contribution in [3.05, 3.63) is 47.3 Å². The molecule has 1 aromatic carbocycles. The third-order valence-corrected chi connectivity index (χ3v) is 4.57. The number of benzene rings is 1. The Hall–Kier alpha value is -1.79. The van der Waals surface area contributed by atoms with Crippen LogP contribution in [0.2, 0.25) is 0 Å². The van der Waals surface area contributed by atoms with Gasteiger partial charge in [0.15, 0.2) is 5.16 Å². The molecule has 0 fully saturated rings. The minimum Gasteiger partial charge on any atom is -0.349 e. The third-order valence-electron chi connectivity index (χ3n) is 3.83. The van der Waals surface area contributed by atoms with Crippen LogP contribution in [0.1, 0.15) is 22.9 Å². The van der Waals surface area contributed by atoms with Crippen LogP contribution in [0.5, 0.6) is 0 Å². The van der Waals surface area contributed by atoms with Crippen molar-refractivity contribution >= 4 is 17.7 Å². The maximum absolute atomic E-state index is 12.6. The number of carbonyl (C=O) groups excluding carboxylic acids is 1. The molecule has 124 valence electrons. The molecule has 1 aromatic heterocycles. The summed E-state index contributed by atoms with van der Waals surface area (Å²) in [5, 5.41) is 3.96. The smallest absolute Gasteiger partial charge is 0.242 e.